The molecule has 3 aromatic rings. The number of anilines is 1. The monoisotopic (exact) mass is 378 g/mol. The van der Waals surface area contributed by atoms with Crippen molar-refractivity contribution in [2.45, 2.75) is 20.3 Å². The number of aryl methyl sites for hydroxylation is 3. The molecule has 25 heavy (non-hydrogen) atoms. The molecule has 0 aliphatic heterocycles. The molecule has 0 aliphatic rings. The lowest BCUT2D eigenvalue weighted by Crippen LogP contribution is -2.16. The topological polar surface area (TPSA) is 59.8 Å². The fourth-order valence-corrected chi connectivity index (χ4v) is 3.80. The zero-order valence-corrected chi connectivity index (χ0v) is 15.5. The van der Waals surface area contributed by atoms with E-state index in [4.69, 9.17) is 11.6 Å². The van der Waals surface area contributed by atoms with Crippen LogP contribution in [0.5, 0.6) is 0 Å². The van der Waals surface area contributed by atoms with Gasteiger partial charge in [0, 0.05) is 18.5 Å². The molecule has 0 spiro atoms. The number of amides is 1. The van der Waals surface area contributed by atoms with Gasteiger partial charge in [-0.05, 0) is 37.6 Å². The summed E-state index contributed by atoms with van der Waals surface area (Å²) in [5, 5.41) is 4.67. The van der Waals surface area contributed by atoms with Gasteiger partial charge in [-0.3, -0.25) is 4.79 Å². The van der Waals surface area contributed by atoms with E-state index in [0.717, 1.165) is 16.3 Å². The first kappa shape index (κ1) is 17.6. The lowest BCUT2D eigenvalue weighted by atomic mass is 10.1. The van der Waals surface area contributed by atoms with Crippen LogP contribution in [0, 0.1) is 19.7 Å². The maximum absolute atomic E-state index is 13.5. The first-order valence-electron chi connectivity index (χ1n) is 7.54. The van der Waals surface area contributed by atoms with E-state index in [0.29, 0.717) is 27.8 Å². The van der Waals surface area contributed by atoms with Crippen LogP contribution in [0.2, 0.25) is 5.02 Å². The number of thiazole rings is 1. The smallest absolute Gasteiger partial charge is 0.274 e. The molecule has 0 unspecified atom stereocenters. The summed E-state index contributed by atoms with van der Waals surface area (Å²) in [4.78, 5) is 21.0. The molecular weight excluding hydrogens is 363 g/mol. The lowest BCUT2D eigenvalue weighted by Gasteiger charge is -2.04. The minimum Gasteiger partial charge on any atom is -0.330 e. The summed E-state index contributed by atoms with van der Waals surface area (Å²) >= 11 is 7.25. The van der Waals surface area contributed by atoms with Crippen molar-refractivity contribution in [2.24, 2.45) is 7.05 Å². The molecule has 130 valence electrons. The molecule has 8 heteroatoms. The second-order valence-corrected chi connectivity index (χ2v) is 7.24. The van der Waals surface area contributed by atoms with Crippen LogP contribution in [0.3, 0.4) is 0 Å². The Hall–Kier alpha value is -2.25. The number of carbonyl (C=O) groups is 1. The number of nitrogens with zero attached hydrogens (tertiary/aromatic N) is 3. The molecule has 2 aromatic heterocycles. The highest BCUT2D eigenvalue weighted by molar-refractivity contribution is 7.16. The van der Waals surface area contributed by atoms with E-state index in [9.17, 15) is 9.18 Å². The average Bonchev–Trinajstić information content (AvgIpc) is 3.00. The van der Waals surface area contributed by atoms with Gasteiger partial charge in [-0.15, -0.1) is 11.3 Å². The molecule has 1 N–H and O–H groups in total. The minimum absolute atomic E-state index is 0.232. The van der Waals surface area contributed by atoms with Crippen molar-refractivity contribution < 1.29 is 9.18 Å². The summed E-state index contributed by atoms with van der Waals surface area (Å²) in [5.41, 5.74) is 2.62. The van der Waals surface area contributed by atoms with Crippen LogP contribution in [0.25, 0.3) is 0 Å². The highest BCUT2D eigenvalue weighted by Crippen LogP contribution is 2.27. The largest absolute Gasteiger partial charge is 0.330 e. The number of rotatable bonds is 4. The maximum Gasteiger partial charge on any atom is 0.274 e. The number of nitrogens with one attached hydrogen (secondary N) is 1. The summed E-state index contributed by atoms with van der Waals surface area (Å²) in [6.45, 7) is 3.61. The maximum atomic E-state index is 13.5. The van der Waals surface area contributed by atoms with Crippen molar-refractivity contribution in [3.05, 3.63) is 63.0 Å². The number of hydrogen-bond acceptors (Lipinski definition) is 4. The Balaban J connectivity index is 1.79. The fourth-order valence-electron chi connectivity index (χ4n) is 2.57. The number of benzene rings is 1. The molecule has 2 heterocycles. The normalized spacial score (nSPS) is 10.9. The molecule has 3 rings (SSSR count). The summed E-state index contributed by atoms with van der Waals surface area (Å²) < 4.78 is 15.1. The summed E-state index contributed by atoms with van der Waals surface area (Å²) in [5.74, 6) is -0.611. The van der Waals surface area contributed by atoms with Crippen LogP contribution in [0.4, 0.5) is 9.39 Å². The first-order chi connectivity index (χ1) is 11.8. The third kappa shape index (κ3) is 3.88. The number of imidazole rings is 1. The van der Waals surface area contributed by atoms with Gasteiger partial charge in [0.15, 0.2) is 0 Å². The molecular formula is C17H16ClFN4OS. The van der Waals surface area contributed by atoms with Gasteiger partial charge in [0.25, 0.3) is 5.91 Å². The van der Waals surface area contributed by atoms with Gasteiger partial charge in [-0.2, -0.15) is 0 Å². The van der Waals surface area contributed by atoms with E-state index >= 15 is 0 Å². The van der Waals surface area contributed by atoms with Crippen molar-refractivity contribution in [1.29, 1.82) is 0 Å². The predicted molar refractivity (Wildman–Crippen MR) is 97.0 cm³/mol. The van der Waals surface area contributed by atoms with Crippen molar-refractivity contribution in [2.75, 3.05) is 5.32 Å². The van der Waals surface area contributed by atoms with Gasteiger partial charge < -0.3 is 9.88 Å². The molecule has 0 atom stereocenters. The van der Waals surface area contributed by atoms with E-state index in [1.165, 1.54) is 23.5 Å². The Morgan fingerprint density at radius 3 is 2.72 bits per heavy atom. The molecule has 0 aliphatic carbocycles. The predicted octanol–water partition coefficient (Wildman–Crippen LogP) is 4.13. The van der Waals surface area contributed by atoms with Gasteiger partial charge in [0.2, 0.25) is 0 Å². The molecule has 5 nitrogen and oxygen atoms in total. The van der Waals surface area contributed by atoms with Gasteiger partial charge in [0.1, 0.15) is 16.5 Å². The van der Waals surface area contributed by atoms with E-state index in [2.05, 4.69) is 15.3 Å². The molecule has 1 aromatic carbocycles. The Bertz CT molecular complexity index is 911. The number of halogens is 2. The second-order valence-electron chi connectivity index (χ2n) is 5.72. The highest BCUT2D eigenvalue weighted by atomic mass is 35.5. The van der Waals surface area contributed by atoms with Crippen LogP contribution in [-0.4, -0.2) is 20.4 Å². The molecule has 0 saturated carbocycles. The van der Waals surface area contributed by atoms with Crippen LogP contribution >= 0.6 is 22.9 Å². The van der Waals surface area contributed by atoms with Crippen LogP contribution in [0.1, 0.15) is 32.4 Å². The Labute approximate surface area is 153 Å². The van der Waals surface area contributed by atoms with Gasteiger partial charge in [-0.1, -0.05) is 11.6 Å². The molecule has 0 fully saturated rings. The van der Waals surface area contributed by atoms with Gasteiger partial charge >= 0.3 is 0 Å². The number of aromatic nitrogens is 3. The first-order valence-corrected chi connectivity index (χ1v) is 8.73. The molecule has 1 amide bonds. The highest BCUT2D eigenvalue weighted by Gasteiger charge is 2.17. The second kappa shape index (κ2) is 6.93. The average molecular weight is 379 g/mol. The Morgan fingerprint density at radius 1 is 1.32 bits per heavy atom. The third-order valence-corrected chi connectivity index (χ3v) is 4.97. The lowest BCUT2D eigenvalue weighted by molar-refractivity contribution is 0.101. The van der Waals surface area contributed by atoms with Gasteiger partial charge in [-0.25, -0.2) is 14.4 Å². The van der Waals surface area contributed by atoms with Crippen molar-refractivity contribution in [3.63, 3.8) is 0 Å². The van der Waals surface area contributed by atoms with Crippen LogP contribution in [0.15, 0.2) is 24.5 Å². The Kier molecular flexibility index (Phi) is 4.87. The quantitative estimate of drug-likeness (QED) is 0.742. The minimum atomic E-state index is -0.379. The summed E-state index contributed by atoms with van der Waals surface area (Å²) in [6.07, 6.45) is 2.05. The van der Waals surface area contributed by atoms with E-state index in [1.54, 1.807) is 30.9 Å². The van der Waals surface area contributed by atoms with Gasteiger partial charge in [0.05, 0.1) is 22.7 Å². The van der Waals surface area contributed by atoms with Crippen LogP contribution in [-0.2, 0) is 13.5 Å². The summed E-state index contributed by atoms with van der Waals surface area (Å²) in [6, 6.07) is 4.40. The standard InChI is InChI=1S/C17H16ClFN4OS/c1-9-15(23(3)8-20-9)16(24)22-17-10(2)21-14(25-17)6-11-4-12(18)7-13(19)5-11/h4-5,7-8H,6H2,1-3H3,(H,22,24). The molecule has 0 saturated heterocycles. The zero-order chi connectivity index (χ0) is 18.1. The van der Waals surface area contributed by atoms with Crippen molar-refractivity contribution in [3.8, 4) is 0 Å². The summed E-state index contributed by atoms with van der Waals surface area (Å²) in [7, 11) is 1.77. The van der Waals surface area contributed by atoms with Crippen molar-refractivity contribution >= 4 is 33.8 Å². The van der Waals surface area contributed by atoms with Crippen molar-refractivity contribution in [1.82, 2.24) is 14.5 Å². The van der Waals surface area contributed by atoms with Crippen LogP contribution < -0.4 is 5.32 Å². The molecule has 0 radical (unpaired) electrons. The molecule has 0 bridgehead atoms. The van der Waals surface area contributed by atoms with E-state index < -0.39 is 0 Å². The SMILES string of the molecule is Cc1nc(Cc2cc(F)cc(Cl)c2)sc1NC(=O)c1c(C)ncn1C. The number of hydrogen-bond donors (Lipinski definition) is 1. The number of carbonyl (C=O) groups excluding carboxylic acids is 1. The fraction of sp³-hybridized carbons (Fsp3) is 0.235. The van der Waals surface area contributed by atoms with E-state index in [-0.39, 0.29) is 11.7 Å². The third-order valence-electron chi connectivity index (χ3n) is 3.68. The Morgan fingerprint density at radius 2 is 2.08 bits per heavy atom. The zero-order valence-electron chi connectivity index (χ0n) is 13.9. The van der Waals surface area contributed by atoms with E-state index in [1.807, 2.05) is 6.92 Å².